The Morgan fingerprint density at radius 3 is 1.98 bits per heavy atom. The van der Waals surface area contributed by atoms with Gasteiger partial charge in [-0.15, -0.1) is 0 Å². The van der Waals surface area contributed by atoms with Gasteiger partial charge in [0.15, 0.2) is 0 Å². The fourth-order valence-corrected chi connectivity index (χ4v) is 8.13. The number of para-hydroxylation sites is 3. The quantitative estimate of drug-likeness (QED) is 0.199. The number of furan rings is 1. The van der Waals surface area contributed by atoms with Crippen molar-refractivity contribution in [3.8, 4) is 5.69 Å². The average Bonchev–Trinajstić information content (AvgIpc) is 3.85. The van der Waals surface area contributed by atoms with Crippen LogP contribution in [0.4, 0.5) is 0 Å². The maximum Gasteiger partial charge on any atom is 0.206 e. The summed E-state index contributed by atoms with van der Waals surface area (Å²) in [5.74, 6) is 0.783. The van der Waals surface area contributed by atoms with Crippen molar-refractivity contribution >= 4 is 71.5 Å². The third-order valence-corrected chi connectivity index (χ3v) is 10.4. The van der Waals surface area contributed by atoms with Crippen LogP contribution >= 0.6 is 0 Å². The van der Waals surface area contributed by atoms with E-state index in [2.05, 4.69) is 171 Å². The van der Waals surface area contributed by atoms with Crippen LogP contribution < -0.4 is 10.6 Å². The normalized spacial score (nSPS) is 16.4. The zero-order valence-corrected chi connectivity index (χ0v) is 27.5. The first kappa shape index (κ1) is 28.2. The molecule has 2 atom stereocenters. The number of rotatable bonds is 3. The van der Waals surface area contributed by atoms with Crippen molar-refractivity contribution < 1.29 is 4.42 Å². The van der Waals surface area contributed by atoms with E-state index < -0.39 is 0 Å². The van der Waals surface area contributed by atoms with Crippen molar-refractivity contribution in [2.45, 2.75) is 12.3 Å². The Morgan fingerprint density at radius 2 is 1.18 bits per heavy atom. The third-order valence-electron chi connectivity index (χ3n) is 10.4. The van der Waals surface area contributed by atoms with Gasteiger partial charge >= 0.3 is 0 Å². The van der Waals surface area contributed by atoms with Gasteiger partial charge < -0.3 is 14.3 Å². The van der Waals surface area contributed by atoms with E-state index in [1.807, 2.05) is 12.1 Å². The maximum absolute atomic E-state index is 6.53. The lowest BCUT2D eigenvalue weighted by molar-refractivity contribution is 0.403. The lowest BCUT2D eigenvalue weighted by atomic mass is 10.1. The van der Waals surface area contributed by atoms with E-state index in [0.717, 1.165) is 72.0 Å². The minimum atomic E-state index is -0.266. The molecule has 0 spiro atoms. The highest BCUT2D eigenvalue weighted by Gasteiger charge is 2.29. The van der Waals surface area contributed by atoms with E-state index in [9.17, 15) is 0 Å². The van der Waals surface area contributed by atoms with Crippen LogP contribution in [0.3, 0.4) is 0 Å². The molecule has 51 heavy (non-hydrogen) atoms. The summed E-state index contributed by atoms with van der Waals surface area (Å²) in [6.07, 6.45) is -0.437. The standard InChI is InChI=1S/C45H31N5O/c1-4-14-28(15-5-1)43-46-44(29-16-6-2-7-17-29)48-45(47-43)50-37-25-24-33-31-20-10-12-22-36(31)49(30-18-8-3-9-19-30)42(33)41(37)35-27-40-34(26-38(35)50)32-21-11-13-23-39(32)51-40/h1-27,43-44,46H,(H,47,48). The minimum absolute atomic E-state index is 0.172. The second-order valence-corrected chi connectivity index (χ2v) is 13.3. The summed E-state index contributed by atoms with van der Waals surface area (Å²) in [5, 5.41) is 14.5. The molecule has 6 heteroatoms. The van der Waals surface area contributed by atoms with Gasteiger partial charge in [0.2, 0.25) is 5.96 Å². The molecule has 0 bridgehead atoms. The molecule has 2 unspecified atom stereocenters. The molecule has 242 valence electrons. The van der Waals surface area contributed by atoms with E-state index in [1.165, 1.54) is 16.3 Å². The molecule has 7 aromatic carbocycles. The van der Waals surface area contributed by atoms with E-state index in [-0.39, 0.29) is 12.3 Å². The molecule has 1 aliphatic rings. The van der Waals surface area contributed by atoms with Crippen LogP contribution in [0, 0.1) is 0 Å². The van der Waals surface area contributed by atoms with Crippen LogP contribution in [-0.2, 0) is 0 Å². The van der Waals surface area contributed by atoms with E-state index in [4.69, 9.17) is 9.41 Å². The number of nitrogens with zero attached hydrogens (tertiary/aromatic N) is 3. The molecule has 11 rings (SSSR count). The van der Waals surface area contributed by atoms with Crippen molar-refractivity contribution in [3.05, 3.63) is 175 Å². The van der Waals surface area contributed by atoms with Gasteiger partial charge in [-0.05, 0) is 53.6 Å². The summed E-state index contributed by atoms with van der Waals surface area (Å²) in [5.41, 5.74) is 9.57. The molecule has 2 N–H and O–H groups in total. The Morgan fingerprint density at radius 1 is 0.490 bits per heavy atom. The molecule has 0 saturated heterocycles. The Kier molecular flexibility index (Phi) is 6.05. The Labute approximate surface area is 292 Å². The molecule has 0 amide bonds. The lowest BCUT2D eigenvalue weighted by Gasteiger charge is -2.32. The largest absolute Gasteiger partial charge is 0.456 e. The van der Waals surface area contributed by atoms with Crippen LogP contribution in [0.2, 0.25) is 0 Å². The fourth-order valence-electron chi connectivity index (χ4n) is 8.13. The third kappa shape index (κ3) is 4.24. The van der Waals surface area contributed by atoms with E-state index in [1.54, 1.807) is 0 Å². The Balaban J connectivity index is 1.29. The van der Waals surface area contributed by atoms with Gasteiger partial charge in [-0.2, -0.15) is 0 Å². The first-order valence-corrected chi connectivity index (χ1v) is 17.4. The molecule has 10 aromatic rings. The fraction of sp³-hybridized carbons (Fsp3) is 0.0444. The number of aromatic nitrogens is 2. The Bertz CT molecular complexity index is 2970. The van der Waals surface area contributed by atoms with Gasteiger partial charge in [-0.25, -0.2) is 4.99 Å². The van der Waals surface area contributed by atoms with E-state index in [0.29, 0.717) is 0 Å². The molecular formula is C45H31N5O. The van der Waals surface area contributed by atoms with Crippen molar-refractivity contribution in [3.63, 3.8) is 0 Å². The van der Waals surface area contributed by atoms with Gasteiger partial charge in [0.1, 0.15) is 23.5 Å². The summed E-state index contributed by atoms with van der Waals surface area (Å²) >= 11 is 0. The van der Waals surface area contributed by atoms with Crippen LogP contribution in [0.15, 0.2) is 173 Å². The van der Waals surface area contributed by atoms with Crippen molar-refractivity contribution in [2.24, 2.45) is 4.99 Å². The molecule has 6 nitrogen and oxygen atoms in total. The zero-order valence-electron chi connectivity index (χ0n) is 27.5. The van der Waals surface area contributed by atoms with E-state index >= 15 is 0 Å². The number of aliphatic imine (C=N–C) groups is 1. The summed E-state index contributed by atoms with van der Waals surface area (Å²) < 4.78 is 11.3. The highest BCUT2D eigenvalue weighted by atomic mass is 16.3. The van der Waals surface area contributed by atoms with Crippen LogP contribution in [0.25, 0.3) is 71.2 Å². The number of hydrogen-bond acceptors (Lipinski definition) is 4. The second-order valence-electron chi connectivity index (χ2n) is 13.3. The van der Waals surface area contributed by atoms with Gasteiger partial charge in [0, 0.05) is 38.0 Å². The Hall–Kier alpha value is -6.63. The van der Waals surface area contributed by atoms with Crippen LogP contribution in [-0.4, -0.2) is 15.1 Å². The summed E-state index contributed by atoms with van der Waals surface area (Å²) in [7, 11) is 0. The summed E-state index contributed by atoms with van der Waals surface area (Å²) in [4.78, 5) is 5.43. The SMILES string of the molecule is c1ccc(C2N=C(n3c4cc5c(cc4c4c3ccc3c6ccccc6n(-c6ccccc6)c34)oc3ccccc35)NC(c3ccccc3)N2)cc1. The van der Waals surface area contributed by atoms with Crippen molar-refractivity contribution in [1.82, 2.24) is 19.8 Å². The smallest absolute Gasteiger partial charge is 0.206 e. The average molecular weight is 658 g/mol. The minimum Gasteiger partial charge on any atom is -0.456 e. The van der Waals surface area contributed by atoms with Gasteiger partial charge in [0.25, 0.3) is 0 Å². The number of benzene rings is 7. The topological polar surface area (TPSA) is 59.4 Å². The maximum atomic E-state index is 6.53. The van der Waals surface area contributed by atoms with Crippen molar-refractivity contribution in [2.75, 3.05) is 0 Å². The molecule has 0 radical (unpaired) electrons. The number of fused-ring (bicyclic) bond motifs is 10. The second kappa shape index (κ2) is 10.9. The molecule has 0 saturated carbocycles. The zero-order chi connectivity index (χ0) is 33.5. The summed E-state index contributed by atoms with van der Waals surface area (Å²) in [6.45, 7) is 0. The van der Waals surface area contributed by atoms with Gasteiger partial charge in [-0.1, -0.05) is 121 Å². The molecule has 3 aromatic heterocycles. The van der Waals surface area contributed by atoms with Gasteiger partial charge in [-0.3, -0.25) is 9.88 Å². The first-order valence-electron chi connectivity index (χ1n) is 17.4. The molecule has 1 aliphatic heterocycles. The number of hydrogen-bond donors (Lipinski definition) is 2. The molecule has 0 aliphatic carbocycles. The molecular weight excluding hydrogens is 627 g/mol. The first-order chi connectivity index (χ1) is 25.3. The monoisotopic (exact) mass is 657 g/mol. The highest BCUT2D eigenvalue weighted by molar-refractivity contribution is 6.29. The predicted octanol–water partition coefficient (Wildman–Crippen LogP) is 10.6. The highest BCUT2D eigenvalue weighted by Crippen LogP contribution is 2.43. The van der Waals surface area contributed by atoms with Crippen molar-refractivity contribution in [1.29, 1.82) is 0 Å². The molecule has 4 heterocycles. The predicted molar refractivity (Wildman–Crippen MR) is 209 cm³/mol. The van der Waals surface area contributed by atoms with Crippen LogP contribution in [0.5, 0.6) is 0 Å². The lowest BCUT2D eigenvalue weighted by Crippen LogP contribution is -2.47. The van der Waals surface area contributed by atoms with Gasteiger partial charge in [0.05, 0.1) is 22.1 Å². The summed E-state index contributed by atoms with van der Waals surface area (Å²) in [6, 6.07) is 57.8. The van der Waals surface area contributed by atoms with Crippen LogP contribution in [0.1, 0.15) is 23.5 Å². The number of nitrogens with one attached hydrogen (secondary N) is 2. The molecule has 0 fully saturated rings.